The fourth-order valence-corrected chi connectivity index (χ4v) is 1.46. The molecule has 0 saturated heterocycles. The largest absolute Gasteiger partial charge is 0.497 e. The van der Waals surface area contributed by atoms with E-state index in [0.29, 0.717) is 5.92 Å². The van der Waals surface area contributed by atoms with Gasteiger partial charge in [-0.1, -0.05) is 13.8 Å². The van der Waals surface area contributed by atoms with Gasteiger partial charge in [-0.25, -0.2) is 0 Å². The number of hydrogen-bond acceptors (Lipinski definition) is 3. The van der Waals surface area contributed by atoms with E-state index in [4.69, 9.17) is 15.2 Å². The fraction of sp³-hybridized carbons (Fsp3) is 0.500. The Bertz CT molecular complexity index is 329. The first-order valence-electron chi connectivity index (χ1n) is 5.07. The molecule has 0 aliphatic rings. The highest BCUT2D eigenvalue weighted by atomic mass is 35.5. The van der Waals surface area contributed by atoms with Gasteiger partial charge in [0.05, 0.1) is 14.2 Å². The van der Waals surface area contributed by atoms with Gasteiger partial charge in [0.25, 0.3) is 0 Å². The molecule has 0 saturated carbocycles. The maximum Gasteiger partial charge on any atom is 0.123 e. The second-order valence-electron chi connectivity index (χ2n) is 3.88. The predicted molar refractivity (Wildman–Crippen MR) is 68.6 cm³/mol. The van der Waals surface area contributed by atoms with Crippen LogP contribution < -0.4 is 15.2 Å². The molecule has 0 amide bonds. The van der Waals surface area contributed by atoms with Gasteiger partial charge >= 0.3 is 0 Å². The Morgan fingerprint density at radius 1 is 1.12 bits per heavy atom. The summed E-state index contributed by atoms with van der Waals surface area (Å²) < 4.78 is 10.5. The Hall–Kier alpha value is -0.930. The van der Waals surface area contributed by atoms with E-state index >= 15 is 0 Å². The number of halogens is 1. The van der Waals surface area contributed by atoms with Crippen molar-refractivity contribution in [2.45, 2.75) is 19.9 Å². The van der Waals surface area contributed by atoms with Crippen LogP contribution in [-0.4, -0.2) is 14.2 Å². The molecule has 1 aromatic carbocycles. The number of methoxy groups -OCH3 is 2. The first kappa shape index (κ1) is 15.1. The molecule has 0 aliphatic heterocycles. The van der Waals surface area contributed by atoms with Crippen LogP contribution in [-0.2, 0) is 0 Å². The molecule has 0 heterocycles. The molecule has 0 aromatic heterocycles. The number of benzene rings is 1. The smallest absolute Gasteiger partial charge is 0.123 e. The molecule has 0 aliphatic carbocycles. The molecule has 1 atom stereocenters. The topological polar surface area (TPSA) is 44.5 Å². The van der Waals surface area contributed by atoms with Gasteiger partial charge in [0, 0.05) is 11.6 Å². The monoisotopic (exact) mass is 245 g/mol. The van der Waals surface area contributed by atoms with Crippen molar-refractivity contribution in [1.82, 2.24) is 0 Å². The Morgan fingerprint density at radius 2 is 1.75 bits per heavy atom. The van der Waals surface area contributed by atoms with Crippen molar-refractivity contribution in [3.05, 3.63) is 23.8 Å². The van der Waals surface area contributed by atoms with E-state index in [-0.39, 0.29) is 18.4 Å². The lowest BCUT2D eigenvalue weighted by Gasteiger charge is -2.19. The van der Waals surface area contributed by atoms with Crippen LogP contribution in [0.25, 0.3) is 0 Å². The number of ether oxygens (including phenoxy) is 2. The SMILES string of the molecule is COc1ccc(OC)c(C(N)C(C)C)c1.Cl. The van der Waals surface area contributed by atoms with Gasteiger partial charge in [0.1, 0.15) is 11.5 Å². The summed E-state index contributed by atoms with van der Waals surface area (Å²) in [6.45, 7) is 4.17. The van der Waals surface area contributed by atoms with Crippen molar-refractivity contribution in [3.63, 3.8) is 0 Å². The summed E-state index contributed by atoms with van der Waals surface area (Å²) in [5, 5.41) is 0. The summed E-state index contributed by atoms with van der Waals surface area (Å²) in [6.07, 6.45) is 0. The van der Waals surface area contributed by atoms with Crippen LogP contribution in [0.2, 0.25) is 0 Å². The minimum absolute atomic E-state index is 0. The Labute approximate surface area is 103 Å². The summed E-state index contributed by atoms with van der Waals surface area (Å²) in [6, 6.07) is 5.66. The highest BCUT2D eigenvalue weighted by Gasteiger charge is 2.16. The van der Waals surface area contributed by atoms with Crippen molar-refractivity contribution in [2.75, 3.05) is 14.2 Å². The zero-order valence-corrected chi connectivity index (χ0v) is 11.0. The Morgan fingerprint density at radius 3 is 2.19 bits per heavy atom. The van der Waals surface area contributed by atoms with Crippen molar-refractivity contribution in [1.29, 1.82) is 0 Å². The van der Waals surface area contributed by atoms with Gasteiger partial charge in [-0.15, -0.1) is 12.4 Å². The van der Waals surface area contributed by atoms with E-state index < -0.39 is 0 Å². The van der Waals surface area contributed by atoms with Crippen LogP contribution in [0.1, 0.15) is 25.5 Å². The fourth-order valence-electron chi connectivity index (χ4n) is 1.46. The summed E-state index contributed by atoms with van der Waals surface area (Å²) in [7, 11) is 3.30. The van der Waals surface area contributed by atoms with Gasteiger partial charge in [0.2, 0.25) is 0 Å². The maximum atomic E-state index is 6.10. The highest BCUT2D eigenvalue weighted by molar-refractivity contribution is 5.85. The first-order valence-corrected chi connectivity index (χ1v) is 5.07. The van der Waals surface area contributed by atoms with E-state index in [1.807, 2.05) is 18.2 Å². The molecule has 0 radical (unpaired) electrons. The van der Waals surface area contributed by atoms with Gasteiger partial charge in [-0.3, -0.25) is 0 Å². The Balaban J connectivity index is 0.00000225. The van der Waals surface area contributed by atoms with Crippen LogP contribution in [0.3, 0.4) is 0 Å². The van der Waals surface area contributed by atoms with Crippen molar-refractivity contribution in [3.8, 4) is 11.5 Å². The number of hydrogen-bond donors (Lipinski definition) is 1. The Kier molecular flexibility index (Phi) is 6.22. The lowest BCUT2D eigenvalue weighted by molar-refractivity contribution is 0.387. The summed E-state index contributed by atoms with van der Waals surface area (Å²) >= 11 is 0. The zero-order chi connectivity index (χ0) is 11.4. The van der Waals surface area contributed by atoms with E-state index in [2.05, 4.69) is 13.8 Å². The zero-order valence-electron chi connectivity index (χ0n) is 10.2. The molecular weight excluding hydrogens is 226 g/mol. The molecule has 2 N–H and O–H groups in total. The molecular formula is C12H20ClNO2. The molecule has 0 bridgehead atoms. The third-order valence-corrected chi connectivity index (χ3v) is 2.51. The molecule has 16 heavy (non-hydrogen) atoms. The van der Waals surface area contributed by atoms with Gasteiger partial charge in [-0.2, -0.15) is 0 Å². The predicted octanol–water partition coefficient (Wildman–Crippen LogP) is 2.78. The third kappa shape index (κ3) is 3.29. The number of rotatable bonds is 4. The lowest BCUT2D eigenvalue weighted by atomic mass is 9.96. The normalized spacial score (nSPS) is 11.9. The molecule has 4 heteroatoms. The lowest BCUT2D eigenvalue weighted by Crippen LogP contribution is -2.17. The van der Waals surface area contributed by atoms with Crippen LogP contribution in [0, 0.1) is 5.92 Å². The third-order valence-electron chi connectivity index (χ3n) is 2.51. The van der Waals surface area contributed by atoms with Crippen LogP contribution in [0.5, 0.6) is 11.5 Å². The van der Waals surface area contributed by atoms with Crippen molar-refractivity contribution < 1.29 is 9.47 Å². The molecule has 0 fully saturated rings. The second-order valence-corrected chi connectivity index (χ2v) is 3.88. The summed E-state index contributed by atoms with van der Waals surface area (Å²) in [4.78, 5) is 0. The molecule has 3 nitrogen and oxygen atoms in total. The molecule has 92 valence electrons. The van der Waals surface area contributed by atoms with E-state index in [1.165, 1.54) is 0 Å². The quantitative estimate of drug-likeness (QED) is 0.887. The molecule has 1 aromatic rings. The summed E-state index contributed by atoms with van der Waals surface area (Å²) in [5.41, 5.74) is 7.09. The van der Waals surface area contributed by atoms with Crippen molar-refractivity contribution >= 4 is 12.4 Å². The molecule has 1 unspecified atom stereocenters. The number of nitrogens with two attached hydrogens (primary N) is 1. The van der Waals surface area contributed by atoms with Gasteiger partial charge in [-0.05, 0) is 24.1 Å². The summed E-state index contributed by atoms with van der Waals surface area (Å²) in [5.74, 6) is 1.99. The van der Waals surface area contributed by atoms with Crippen LogP contribution in [0.4, 0.5) is 0 Å². The van der Waals surface area contributed by atoms with E-state index in [1.54, 1.807) is 14.2 Å². The van der Waals surface area contributed by atoms with E-state index in [0.717, 1.165) is 17.1 Å². The minimum atomic E-state index is -0.0324. The van der Waals surface area contributed by atoms with Crippen LogP contribution in [0.15, 0.2) is 18.2 Å². The molecule has 1 rings (SSSR count). The van der Waals surface area contributed by atoms with Crippen LogP contribution >= 0.6 is 12.4 Å². The molecule has 0 spiro atoms. The average molecular weight is 246 g/mol. The minimum Gasteiger partial charge on any atom is -0.497 e. The second kappa shape index (κ2) is 6.61. The van der Waals surface area contributed by atoms with E-state index in [9.17, 15) is 0 Å². The van der Waals surface area contributed by atoms with Crippen molar-refractivity contribution in [2.24, 2.45) is 11.7 Å². The average Bonchev–Trinajstić information content (AvgIpc) is 2.27. The van der Waals surface area contributed by atoms with Gasteiger partial charge in [0.15, 0.2) is 0 Å². The standard InChI is InChI=1S/C12H19NO2.ClH/c1-8(2)12(13)10-7-9(14-3)5-6-11(10)15-4;/h5-8,12H,13H2,1-4H3;1H. The maximum absolute atomic E-state index is 6.10. The highest BCUT2D eigenvalue weighted by Crippen LogP contribution is 2.31. The first-order chi connectivity index (χ1) is 7.10. The van der Waals surface area contributed by atoms with Gasteiger partial charge < -0.3 is 15.2 Å².